The minimum Gasteiger partial charge on any atom is -0.360 e. The fourth-order valence-corrected chi connectivity index (χ4v) is 2.13. The number of amides is 1. The molecule has 106 valence electrons. The van der Waals surface area contributed by atoms with Crippen LogP contribution < -0.4 is 5.32 Å². The van der Waals surface area contributed by atoms with Crippen molar-refractivity contribution in [2.45, 2.75) is 13.8 Å². The number of anilines is 1. The van der Waals surface area contributed by atoms with Crippen molar-refractivity contribution in [3.05, 3.63) is 53.2 Å². The van der Waals surface area contributed by atoms with Gasteiger partial charge in [-0.2, -0.15) is 0 Å². The number of halogens is 1. The molecule has 0 fully saturated rings. The van der Waals surface area contributed by atoms with E-state index in [9.17, 15) is 9.18 Å². The third kappa shape index (κ3) is 2.60. The van der Waals surface area contributed by atoms with Gasteiger partial charge in [0.25, 0.3) is 5.91 Å². The molecule has 3 aromatic rings. The zero-order valence-electron chi connectivity index (χ0n) is 11.5. The first-order valence-corrected chi connectivity index (χ1v) is 6.34. The SMILES string of the molecule is Cc1cc(C(=O)Nc2cc(C)on2)c2cc(F)ccc2n1. The molecule has 2 aromatic heterocycles. The number of pyridine rings is 1. The van der Waals surface area contributed by atoms with Crippen molar-refractivity contribution in [1.29, 1.82) is 0 Å². The first-order valence-electron chi connectivity index (χ1n) is 6.34. The van der Waals surface area contributed by atoms with Gasteiger partial charge in [-0.15, -0.1) is 0 Å². The van der Waals surface area contributed by atoms with Crippen molar-refractivity contribution in [3.63, 3.8) is 0 Å². The highest BCUT2D eigenvalue weighted by Gasteiger charge is 2.14. The number of hydrogen-bond donors (Lipinski definition) is 1. The third-order valence-corrected chi connectivity index (χ3v) is 3.01. The number of aryl methyl sites for hydroxylation is 2. The van der Waals surface area contributed by atoms with Crippen LogP contribution in [0.1, 0.15) is 21.8 Å². The Balaban J connectivity index is 2.06. The van der Waals surface area contributed by atoms with Crippen LogP contribution in [0.3, 0.4) is 0 Å². The number of nitrogens with zero attached hydrogens (tertiary/aromatic N) is 2. The smallest absolute Gasteiger partial charge is 0.257 e. The Labute approximate surface area is 119 Å². The molecule has 0 saturated heterocycles. The molecule has 0 aliphatic heterocycles. The lowest BCUT2D eigenvalue weighted by atomic mass is 10.1. The van der Waals surface area contributed by atoms with Crippen LogP contribution in [0.15, 0.2) is 34.9 Å². The van der Waals surface area contributed by atoms with Gasteiger partial charge in [0.05, 0.1) is 11.1 Å². The van der Waals surface area contributed by atoms with Gasteiger partial charge in [0.2, 0.25) is 0 Å². The van der Waals surface area contributed by atoms with Crippen molar-refractivity contribution in [2.75, 3.05) is 5.32 Å². The maximum atomic E-state index is 13.4. The Morgan fingerprint density at radius 3 is 2.76 bits per heavy atom. The Kier molecular flexibility index (Phi) is 3.13. The van der Waals surface area contributed by atoms with E-state index >= 15 is 0 Å². The van der Waals surface area contributed by atoms with Crippen molar-refractivity contribution in [2.24, 2.45) is 0 Å². The largest absolute Gasteiger partial charge is 0.360 e. The van der Waals surface area contributed by atoms with E-state index in [-0.39, 0.29) is 5.91 Å². The Morgan fingerprint density at radius 1 is 1.24 bits per heavy atom. The maximum Gasteiger partial charge on any atom is 0.257 e. The zero-order chi connectivity index (χ0) is 15.0. The third-order valence-electron chi connectivity index (χ3n) is 3.01. The molecule has 3 rings (SSSR count). The van der Waals surface area contributed by atoms with Gasteiger partial charge in [-0.25, -0.2) is 4.39 Å². The van der Waals surface area contributed by atoms with E-state index in [4.69, 9.17) is 4.52 Å². The molecule has 0 atom stereocenters. The molecule has 1 aromatic carbocycles. The fraction of sp³-hybridized carbons (Fsp3) is 0.133. The topological polar surface area (TPSA) is 68.0 Å². The molecule has 0 aliphatic carbocycles. The van der Waals surface area contributed by atoms with Crippen molar-refractivity contribution >= 4 is 22.6 Å². The molecule has 6 heteroatoms. The van der Waals surface area contributed by atoms with Crippen LogP contribution in [-0.4, -0.2) is 16.0 Å². The lowest BCUT2D eigenvalue weighted by molar-refractivity contribution is 0.102. The summed E-state index contributed by atoms with van der Waals surface area (Å²) >= 11 is 0. The van der Waals surface area contributed by atoms with Crippen LogP contribution in [0.5, 0.6) is 0 Å². The van der Waals surface area contributed by atoms with Gasteiger partial charge in [-0.1, -0.05) is 5.16 Å². The quantitative estimate of drug-likeness (QED) is 0.785. The second-order valence-electron chi connectivity index (χ2n) is 4.75. The predicted octanol–water partition coefficient (Wildman–Crippen LogP) is 3.23. The summed E-state index contributed by atoms with van der Waals surface area (Å²) in [6, 6.07) is 7.38. The molecule has 0 saturated carbocycles. The minimum atomic E-state index is -0.417. The summed E-state index contributed by atoms with van der Waals surface area (Å²) < 4.78 is 18.3. The standard InChI is InChI=1S/C15H12FN3O2/c1-8-5-12(11-7-10(16)3-4-13(11)17-8)15(20)18-14-6-9(2)21-19-14/h3-7H,1-2H3,(H,18,19,20). The number of benzene rings is 1. The molecular weight excluding hydrogens is 273 g/mol. The highest BCUT2D eigenvalue weighted by atomic mass is 19.1. The maximum absolute atomic E-state index is 13.4. The molecule has 0 radical (unpaired) electrons. The van der Waals surface area contributed by atoms with E-state index < -0.39 is 5.82 Å². The lowest BCUT2D eigenvalue weighted by Gasteiger charge is -2.07. The molecule has 0 aliphatic rings. The number of carbonyl (C=O) groups excluding carboxylic acids is 1. The van der Waals surface area contributed by atoms with Crippen LogP contribution in [0, 0.1) is 19.7 Å². The molecule has 5 nitrogen and oxygen atoms in total. The molecule has 0 spiro atoms. The Morgan fingerprint density at radius 2 is 2.05 bits per heavy atom. The van der Waals surface area contributed by atoms with E-state index in [2.05, 4.69) is 15.5 Å². The van der Waals surface area contributed by atoms with Crippen LogP contribution in [0.2, 0.25) is 0 Å². The molecular formula is C15H12FN3O2. The Hall–Kier alpha value is -2.76. The van der Waals surface area contributed by atoms with Crippen LogP contribution in [0.25, 0.3) is 10.9 Å². The number of carbonyl (C=O) groups is 1. The molecule has 2 heterocycles. The van der Waals surface area contributed by atoms with E-state index in [0.29, 0.717) is 33.7 Å². The average molecular weight is 285 g/mol. The number of fused-ring (bicyclic) bond motifs is 1. The first kappa shape index (κ1) is 13.2. The Bertz CT molecular complexity index is 842. The van der Waals surface area contributed by atoms with Crippen LogP contribution in [-0.2, 0) is 0 Å². The van der Waals surface area contributed by atoms with E-state index in [1.54, 1.807) is 32.0 Å². The van der Waals surface area contributed by atoms with E-state index in [0.717, 1.165) is 0 Å². The van der Waals surface area contributed by atoms with Gasteiger partial charge in [0.1, 0.15) is 11.6 Å². The first-order chi connectivity index (χ1) is 10.0. The number of aromatic nitrogens is 2. The average Bonchev–Trinajstić information content (AvgIpc) is 2.83. The summed E-state index contributed by atoms with van der Waals surface area (Å²) in [6.45, 7) is 3.50. The molecule has 21 heavy (non-hydrogen) atoms. The van der Waals surface area contributed by atoms with Gasteiger partial charge in [0.15, 0.2) is 5.82 Å². The highest BCUT2D eigenvalue weighted by molar-refractivity contribution is 6.12. The monoisotopic (exact) mass is 285 g/mol. The van der Waals surface area contributed by atoms with Crippen molar-refractivity contribution in [3.8, 4) is 0 Å². The van der Waals surface area contributed by atoms with Crippen molar-refractivity contribution < 1.29 is 13.7 Å². The summed E-state index contributed by atoms with van der Waals surface area (Å²) in [5.74, 6) is 0.104. The summed E-state index contributed by atoms with van der Waals surface area (Å²) in [4.78, 5) is 16.6. The van der Waals surface area contributed by atoms with E-state index in [1.807, 2.05) is 0 Å². The van der Waals surface area contributed by atoms with Gasteiger partial charge in [-0.05, 0) is 38.1 Å². The van der Waals surface area contributed by atoms with Gasteiger partial charge >= 0.3 is 0 Å². The molecule has 0 unspecified atom stereocenters. The van der Waals surface area contributed by atoms with E-state index in [1.165, 1.54) is 12.1 Å². The van der Waals surface area contributed by atoms with Gasteiger partial charge in [0, 0.05) is 17.1 Å². The number of rotatable bonds is 2. The summed E-state index contributed by atoms with van der Waals surface area (Å²) in [6.07, 6.45) is 0. The predicted molar refractivity (Wildman–Crippen MR) is 75.6 cm³/mol. The lowest BCUT2D eigenvalue weighted by Crippen LogP contribution is -2.13. The van der Waals surface area contributed by atoms with Crippen LogP contribution >= 0.6 is 0 Å². The minimum absolute atomic E-state index is 0.316. The second kappa shape index (κ2) is 4.97. The second-order valence-corrected chi connectivity index (χ2v) is 4.75. The summed E-state index contributed by atoms with van der Waals surface area (Å²) in [7, 11) is 0. The van der Waals surface area contributed by atoms with Crippen LogP contribution in [0.4, 0.5) is 10.2 Å². The summed E-state index contributed by atoms with van der Waals surface area (Å²) in [5, 5.41) is 6.79. The number of hydrogen-bond acceptors (Lipinski definition) is 4. The summed E-state index contributed by atoms with van der Waals surface area (Å²) in [5.41, 5.74) is 1.59. The molecule has 1 amide bonds. The van der Waals surface area contributed by atoms with Crippen molar-refractivity contribution in [1.82, 2.24) is 10.1 Å². The van der Waals surface area contributed by atoms with Gasteiger partial charge < -0.3 is 9.84 Å². The number of nitrogens with one attached hydrogen (secondary N) is 1. The molecule has 1 N–H and O–H groups in total. The normalized spacial score (nSPS) is 10.8. The fourth-order valence-electron chi connectivity index (χ4n) is 2.13. The molecule has 0 bridgehead atoms. The van der Waals surface area contributed by atoms with Gasteiger partial charge in [-0.3, -0.25) is 9.78 Å². The zero-order valence-corrected chi connectivity index (χ0v) is 11.5. The highest BCUT2D eigenvalue weighted by Crippen LogP contribution is 2.21.